The van der Waals surface area contributed by atoms with Crippen LogP contribution in [0.5, 0.6) is 0 Å². The first-order valence-corrected chi connectivity index (χ1v) is 27.0. The lowest BCUT2D eigenvalue weighted by atomic mass is 10.0. The number of carbonyl (C=O) groups excluding carboxylic acids is 11. The minimum absolute atomic E-state index is 0.0000393. The van der Waals surface area contributed by atoms with Crippen molar-refractivity contribution in [3.05, 3.63) is 11.8 Å². The number of ketones is 1. The second kappa shape index (κ2) is 35.2. The van der Waals surface area contributed by atoms with E-state index in [0.29, 0.717) is 19.3 Å². The number of nitrogens with one attached hydrogen (secondary N) is 8. The van der Waals surface area contributed by atoms with Gasteiger partial charge in [-0.15, -0.1) is 0 Å². The lowest BCUT2D eigenvalue weighted by molar-refractivity contribution is -0.156. The van der Waals surface area contributed by atoms with Crippen LogP contribution in [0.3, 0.4) is 0 Å². The first-order chi connectivity index (χ1) is 35.8. The fourth-order valence-electron chi connectivity index (χ4n) is 7.53. The SMILES string of the molecule is CC=C1NC(=O)C(CN)NC(=O)C(CO)NC(=O)C(NC(=O)C(CS(=O)(=O)O)NC(=O)CC(=O)CCCCCCCCCC)C(C)OC(=O)CN(C)C(=O)C(CCCCN)NC(=O)C(CO)NC(=O)C(C(C)C)NC1=O. The molecule has 8 unspecified atom stereocenters. The number of esters is 1. The number of amides is 9. The monoisotopic (exact) mass is 1100 g/mol. The number of likely N-dealkylation sites (N-methyl/N-ethyl adjacent to an activating group) is 1. The molecular formula is C47H81N11O17S. The summed E-state index contributed by atoms with van der Waals surface area (Å²) in [6.45, 7) is 3.99. The number of ether oxygens (including phenoxy) is 1. The number of rotatable bonds is 24. The Balaban J connectivity index is 3.75. The molecule has 0 aliphatic carbocycles. The third-order valence-electron chi connectivity index (χ3n) is 11.9. The van der Waals surface area contributed by atoms with Crippen LogP contribution < -0.4 is 54.0 Å². The number of nitrogens with zero attached hydrogens (tertiary/aromatic N) is 1. The van der Waals surface area contributed by atoms with Crippen molar-refractivity contribution in [1.29, 1.82) is 0 Å². The minimum Gasteiger partial charge on any atom is -0.459 e. The molecule has 15 N–H and O–H groups in total. The molecular weight excluding hydrogens is 1020 g/mol. The summed E-state index contributed by atoms with van der Waals surface area (Å²) in [5, 5.41) is 38.4. The van der Waals surface area contributed by atoms with Crippen LogP contribution in [-0.2, 0) is 67.6 Å². The van der Waals surface area contributed by atoms with Crippen LogP contribution >= 0.6 is 0 Å². The van der Waals surface area contributed by atoms with Crippen LogP contribution in [0.4, 0.5) is 0 Å². The largest absolute Gasteiger partial charge is 0.459 e. The van der Waals surface area contributed by atoms with E-state index in [9.17, 15) is 75.9 Å². The number of allylic oxidation sites excluding steroid dienone is 1. The Morgan fingerprint density at radius 3 is 1.86 bits per heavy atom. The molecule has 0 radical (unpaired) electrons. The minimum atomic E-state index is -5.10. The zero-order chi connectivity index (χ0) is 57.7. The van der Waals surface area contributed by atoms with Gasteiger partial charge in [0.25, 0.3) is 16.0 Å². The van der Waals surface area contributed by atoms with Gasteiger partial charge in [-0.1, -0.05) is 71.8 Å². The van der Waals surface area contributed by atoms with Gasteiger partial charge in [-0.2, -0.15) is 8.42 Å². The van der Waals surface area contributed by atoms with E-state index in [-0.39, 0.29) is 25.8 Å². The molecule has 432 valence electrons. The average molecular weight is 1100 g/mol. The van der Waals surface area contributed by atoms with Crippen LogP contribution in [-0.4, -0.2) is 187 Å². The first kappa shape index (κ1) is 67.9. The van der Waals surface area contributed by atoms with Crippen LogP contribution in [0.25, 0.3) is 0 Å². The molecule has 0 saturated carbocycles. The van der Waals surface area contributed by atoms with E-state index in [4.69, 9.17) is 16.2 Å². The lowest BCUT2D eigenvalue weighted by Crippen LogP contribution is -2.63. The summed E-state index contributed by atoms with van der Waals surface area (Å²) in [5.41, 5.74) is 11.0. The second-order valence-electron chi connectivity index (χ2n) is 18.7. The fourth-order valence-corrected chi connectivity index (χ4v) is 8.19. The summed E-state index contributed by atoms with van der Waals surface area (Å²) in [6.07, 6.45) is 6.46. The van der Waals surface area contributed by atoms with E-state index in [1.165, 1.54) is 20.8 Å². The fraction of sp³-hybridized carbons (Fsp3) is 0.723. The highest BCUT2D eigenvalue weighted by atomic mass is 32.2. The average Bonchev–Trinajstić information content (AvgIpc) is 3.34. The number of hydrogen-bond acceptors (Lipinski definition) is 18. The van der Waals surface area contributed by atoms with E-state index in [2.05, 4.69) is 49.5 Å². The van der Waals surface area contributed by atoms with Crippen molar-refractivity contribution >= 4 is 75.0 Å². The van der Waals surface area contributed by atoms with E-state index in [1.54, 1.807) is 0 Å². The number of cyclic esters (lactones) is 1. The van der Waals surface area contributed by atoms with E-state index in [1.807, 2.05) is 0 Å². The molecule has 28 nitrogen and oxygen atoms in total. The molecule has 0 aromatic rings. The molecule has 29 heteroatoms. The highest BCUT2D eigenvalue weighted by Gasteiger charge is 2.38. The maximum absolute atomic E-state index is 14.1. The number of unbranched alkanes of at least 4 members (excludes halogenated alkanes) is 8. The molecule has 0 aromatic heterocycles. The van der Waals surface area contributed by atoms with E-state index >= 15 is 0 Å². The molecule has 0 spiro atoms. The maximum Gasteiger partial charge on any atom is 0.325 e. The summed E-state index contributed by atoms with van der Waals surface area (Å²) in [5.74, 6) is -14.3. The highest BCUT2D eigenvalue weighted by Crippen LogP contribution is 2.12. The smallest absolute Gasteiger partial charge is 0.325 e. The van der Waals surface area contributed by atoms with Gasteiger partial charge in [-0.3, -0.25) is 57.3 Å². The van der Waals surface area contributed by atoms with Gasteiger partial charge in [-0.25, -0.2) is 0 Å². The van der Waals surface area contributed by atoms with Crippen molar-refractivity contribution in [3.63, 3.8) is 0 Å². The number of carbonyl (C=O) groups is 11. The topological polar surface area (TPSA) is 443 Å². The maximum atomic E-state index is 14.1. The number of aliphatic hydroxyl groups is 2. The standard InChI is InChI=1S/C47H81N11O17S/c1-7-9-10-11-12-13-14-15-18-29(61)21-36(62)50-35(26-76(72,73)74)44(68)57-39-28(5)75-37(63)23-58(6)47(71)31(19-16-17-20-48)52-42(66)33(24-59)54-45(69)38(27(3)4)56-40(64)30(8-2)51-41(65)32(22-49)53-43(67)34(25-60)55-46(39)70/h8,27-28,31-35,38-39,59-60H,7,9-26,48-49H2,1-6H3,(H,50,62)(H,51,65)(H,52,66)(H,53,67)(H,54,69)(H,55,70)(H,56,64)(H,57,68)(H,72,73,74). The number of aliphatic hydroxyl groups excluding tert-OH is 2. The van der Waals surface area contributed by atoms with Crippen molar-refractivity contribution in [2.24, 2.45) is 17.4 Å². The molecule has 9 amide bonds. The summed E-state index contributed by atoms with van der Waals surface area (Å²) < 4.78 is 39.4. The highest BCUT2D eigenvalue weighted by molar-refractivity contribution is 7.85. The van der Waals surface area contributed by atoms with Gasteiger partial charge in [0, 0.05) is 20.0 Å². The summed E-state index contributed by atoms with van der Waals surface area (Å²) in [7, 11) is -3.96. The Morgan fingerprint density at radius 1 is 0.776 bits per heavy atom. The van der Waals surface area contributed by atoms with Crippen molar-refractivity contribution in [1.82, 2.24) is 47.4 Å². The second-order valence-corrected chi connectivity index (χ2v) is 20.2. The zero-order valence-corrected chi connectivity index (χ0v) is 45.1. The van der Waals surface area contributed by atoms with Crippen LogP contribution in [0.15, 0.2) is 11.8 Å². The number of nitrogens with two attached hydrogens (primary N) is 2. The summed E-state index contributed by atoms with van der Waals surface area (Å²) >= 11 is 0. The van der Waals surface area contributed by atoms with Crippen molar-refractivity contribution in [3.8, 4) is 0 Å². The molecule has 1 aliphatic rings. The predicted molar refractivity (Wildman–Crippen MR) is 273 cm³/mol. The lowest BCUT2D eigenvalue weighted by Gasteiger charge is -2.29. The molecule has 0 bridgehead atoms. The van der Waals surface area contributed by atoms with Crippen molar-refractivity contribution < 1.29 is 80.7 Å². The van der Waals surface area contributed by atoms with Gasteiger partial charge < -0.3 is 73.9 Å². The predicted octanol–water partition coefficient (Wildman–Crippen LogP) is -4.09. The molecule has 0 aromatic carbocycles. The van der Waals surface area contributed by atoms with E-state index < -0.39 is 174 Å². The number of Topliss-reactive ketones (excluding diaryl/α,β-unsaturated/α-hetero) is 1. The Bertz CT molecular complexity index is 2140. The summed E-state index contributed by atoms with van der Waals surface area (Å²) in [6, 6.07) is -12.5. The van der Waals surface area contributed by atoms with Gasteiger partial charge in [0.1, 0.15) is 72.2 Å². The Labute approximate surface area is 443 Å². The van der Waals surface area contributed by atoms with Gasteiger partial charge in [0.05, 0.1) is 19.6 Å². The Hall–Kier alpha value is -6.14. The zero-order valence-electron chi connectivity index (χ0n) is 44.3. The van der Waals surface area contributed by atoms with Crippen LogP contribution in [0, 0.1) is 5.92 Å². The van der Waals surface area contributed by atoms with Crippen molar-refractivity contribution in [2.75, 3.05) is 45.6 Å². The first-order valence-electron chi connectivity index (χ1n) is 25.4. The normalized spacial score (nSPS) is 23.4. The third kappa shape index (κ3) is 25.1. The van der Waals surface area contributed by atoms with Crippen molar-refractivity contribution in [2.45, 2.75) is 166 Å². The van der Waals surface area contributed by atoms with Gasteiger partial charge in [-0.05, 0) is 52.0 Å². The van der Waals surface area contributed by atoms with Crippen LogP contribution in [0.2, 0.25) is 0 Å². The van der Waals surface area contributed by atoms with E-state index in [0.717, 1.165) is 63.5 Å². The molecule has 1 saturated heterocycles. The quantitative estimate of drug-likeness (QED) is 0.0144. The molecule has 1 heterocycles. The summed E-state index contributed by atoms with van der Waals surface area (Å²) in [4.78, 5) is 149. The van der Waals surface area contributed by atoms with Crippen LogP contribution in [0.1, 0.15) is 118 Å². The Morgan fingerprint density at radius 2 is 1.33 bits per heavy atom. The van der Waals surface area contributed by atoms with Gasteiger partial charge in [0.15, 0.2) is 0 Å². The van der Waals surface area contributed by atoms with Gasteiger partial charge in [0.2, 0.25) is 47.3 Å². The molecule has 1 aliphatic heterocycles. The molecule has 1 fully saturated rings. The molecule has 8 atom stereocenters. The Kier molecular flexibility index (Phi) is 31.5. The van der Waals surface area contributed by atoms with Gasteiger partial charge >= 0.3 is 5.97 Å². The molecule has 1 rings (SSSR count). The molecule has 76 heavy (non-hydrogen) atoms. The number of hydrogen-bond donors (Lipinski definition) is 13. The third-order valence-corrected chi connectivity index (χ3v) is 12.6.